The first-order valence-electron chi connectivity index (χ1n) is 4.67. The van der Waals surface area contributed by atoms with Gasteiger partial charge in [-0.05, 0) is 17.7 Å². The fourth-order valence-corrected chi connectivity index (χ4v) is 1.25. The molecule has 2 atom stereocenters. The number of amides is 1. The van der Waals surface area contributed by atoms with Crippen LogP contribution in [-0.2, 0) is 4.79 Å². The van der Waals surface area contributed by atoms with Crippen LogP contribution in [0.5, 0.6) is 5.75 Å². The first kappa shape index (κ1) is 11.5. The molecule has 0 aliphatic carbocycles. The van der Waals surface area contributed by atoms with Crippen LogP contribution in [0.4, 0.5) is 0 Å². The van der Waals surface area contributed by atoms with Gasteiger partial charge in [-0.15, -0.1) is 0 Å². The maximum Gasteiger partial charge on any atom is 0.223 e. The van der Waals surface area contributed by atoms with Crippen LogP contribution in [-0.4, -0.2) is 18.1 Å². The van der Waals surface area contributed by atoms with Crippen LogP contribution in [0, 0.1) is 5.92 Å². The van der Waals surface area contributed by atoms with Crippen molar-refractivity contribution in [1.29, 1.82) is 0 Å². The number of methoxy groups -OCH3 is 1. The Labute approximate surface area is 88.7 Å². The van der Waals surface area contributed by atoms with Crippen LogP contribution in [0.3, 0.4) is 0 Å². The number of ether oxygens (including phenoxy) is 1. The molecule has 15 heavy (non-hydrogen) atoms. The highest BCUT2D eigenvalue weighted by molar-refractivity contribution is 5.77. The number of rotatable bonds is 4. The Morgan fingerprint density at radius 2 is 1.93 bits per heavy atom. The van der Waals surface area contributed by atoms with Gasteiger partial charge in [-0.2, -0.15) is 0 Å². The van der Waals surface area contributed by atoms with Crippen molar-refractivity contribution in [3.63, 3.8) is 0 Å². The van der Waals surface area contributed by atoms with Crippen molar-refractivity contribution in [1.82, 2.24) is 0 Å². The van der Waals surface area contributed by atoms with Gasteiger partial charge in [0.1, 0.15) is 5.75 Å². The molecule has 0 saturated heterocycles. The molecule has 1 aromatic carbocycles. The van der Waals surface area contributed by atoms with E-state index in [0.29, 0.717) is 11.3 Å². The standard InChI is InChI=1S/C11H15NO3/c1-7(11(12)14)10(13)8-3-5-9(15-2)6-4-8/h3-7,10,13H,1-2H3,(H2,12,14)/t7-,10-/m0/s1. The van der Waals surface area contributed by atoms with E-state index in [0.717, 1.165) is 0 Å². The highest BCUT2D eigenvalue weighted by Crippen LogP contribution is 2.23. The minimum absolute atomic E-state index is 0.515. The summed E-state index contributed by atoms with van der Waals surface area (Å²) < 4.78 is 4.98. The van der Waals surface area contributed by atoms with E-state index < -0.39 is 17.9 Å². The van der Waals surface area contributed by atoms with Gasteiger partial charge in [0, 0.05) is 0 Å². The van der Waals surface area contributed by atoms with Gasteiger partial charge in [-0.25, -0.2) is 0 Å². The molecule has 1 aromatic rings. The van der Waals surface area contributed by atoms with Crippen LogP contribution in [0.15, 0.2) is 24.3 Å². The number of benzene rings is 1. The summed E-state index contributed by atoms with van der Waals surface area (Å²) in [5, 5.41) is 9.78. The van der Waals surface area contributed by atoms with E-state index in [1.54, 1.807) is 38.3 Å². The average molecular weight is 209 g/mol. The summed E-state index contributed by atoms with van der Waals surface area (Å²) >= 11 is 0. The number of carbonyl (C=O) groups excluding carboxylic acids is 1. The van der Waals surface area contributed by atoms with Crippen LogP contribution >= 0.6 is 0 Å². The molecule has 0 bridgehead atoms. The predicted octanol–water partition coefficient (Wildman–Crippen LogP) is 0.850. The normalized spacial score (nSPS) is 14.3. The third-order valence-electron chi connectivity index (χ3n) is 2.38. The summed E-state index contributed by atoms with van der Waals surface area (Å²) in [7, 11) is 1.57. The summed E-state index contributed by atoms with van der Waals surface area (Å²) in [5.74, 6) is -0.408. The Hall–Kier alpha value is -1.55. The van der Waals surface area contributed by atoms with Crippen molar-refractivity contribution < 1.29 is 14.6 Å². The number of aliphatic hydroxyl groups excluding tert-OH is 1. The van der Waals surface area contributed by atoms with Gasteiger partial charge in [0.2, 0.25) is 5.91 Å². The zero-order valence-electron chi connectivity index (χ0n) is 8.81. The van der Waals surface area contributed by atoms with Gasteiger partial charge < -0.3 is 15.6 Å². The molecule has 0 spiro atoms. The average Bonchev–Trinajstić information content (AvgIpc) is 2.27. The molecule has 0 aromatic heterocycles. The van der Waals surface area contributed by atoms with Crippen molar-refractivity contribution in [2.24, 2.45) is 11.7 Å². The molecule has 0 unspecified atom stereocenters. The first-order chi connectivity index (χ1) is 7.06. The van der Waals surface area contributed by atoms with Crippen LogP contribution < -0.4 is 10.5 Å². The van der Waals surface area contributed by atoms with E-state index >= 15 is 0 Å². The SMILES string of the molecule is COc1ccc([C@@H](O)[C@H](C)C(N)=O)cc1. The highest BCUT2D eigenvalue weighted by atomic mass is 16.5. The zero-order valence-corrected chi connectivity index (χ0v) is 8.81. The number of carbonyl (C=O) groups is 1. The van der Waals surface area contributed by atoms with Crippen molar-refractivity contribution in [3.05, 3.63) is 29.8 Å². The smallest absolute Gasteiger partial charge is 0.223 e. The Balaban J connectivity index is 2.82. The topological polar surface area (TPSA) is 72.6 Å². The van der Waals surface area contributed by atoms with E-state index in [4.69, 9.17) is 10.5 Å². The molecule has 0 aliphatic heterocycles. The molecule has 3 N–H and O–H groups in total. The monoisotopic (exact) mass is 209 g/mol. The minimum atomic E-state index is -0.867. The van der Waals surface area contributed by atoms with E-state index in [2.05, 4.69) is 0 Å². The summed E-state index contributed by atoms with van der Waals surface area (Å²) in [4.78, 5) is 10.9. The second-order valence-electron chi connectivity index (χ2n) is 3.41. The third-order valence-corrected chi connectivity index (χ3v) is 2.38. The highest BCUT2D eigenvalue weighted by Gasteiger charge is 2.20. The maximum atomic E-state index is 10.9. The number of hydrogen-bond donors (Lipinski definition) is 2. The molecular formula is C11H15NO3. The van der Waals surface area contributed by atoms with E-state index in [9.17, 15) is 9.90 Å². The van der Waals surface area contributed by atoms with Crippen molar-refractivity contribution in [3.8, 4) is 5.75 Å². The lowest BCUT2D eigenvalue weighted by molar-refractivity contribution is -0.124. The summed E-state index contributed by atoms with van der Waals surface area (Å²) in [6.07, 6.45) is -0.867. The molecule has 4 nitrogen and oxygen atoms in total. The van der Waals surface area contributed by atoms with Gasteiger partial charge in [0.15, 0.2) is 0 Å². The van der Waals surface area contributed by atoms with Crippen molar-refractivity contribution in [2.75, 3.05) is 7.11 Å². The van der Waals surface area contributed by atoms with Gasteiger partial charge in [-0.1, -0.05) is 19.1 Å². The van der Waals surface area contributed by atoms with Crippen LogP contribution in [0.1, 0.15) is 18.6 Å². The first-order valence-corrected chi connectivity index (χ1v) is 4.67. The summed E-state index contributed by atoms with van der Waals surface area (Å²) in [6, 6.07) is 6.88. The van der Waals surface area contributed by atoms with E-state index in [1.165, 1.54) is 0 Å². The molecule has 1 rings (SSSR count). The lowest BCUT2D eigenvalue weighted by Gasteiger charge is -2.16. The molecule has 0 radical (unpaired) electrons. The van der Waals surface area contributed by atoms with Gasteiger partial charge in [0.05, 0.1) is 19.1 Å². The van der Waals surface area contributed by atoms with Gasteiger partial charge in [-0.3, -0.25) is 4.79 Å². The van der Waals surface area contributed by atoms with Crippen LogP contribution in [0.25, 0.3) is 0 Å². The number of hydrogen-bond acceptors (Lipinski definition) is 3. The summed E-state index contributed by atoms with van der Waals surface area (Å²) in [5.41, 5.74) is 5.76. The Bertz CT molecular complexity index is 334. The Kier molecular flexibility index (Phi) is 3.68. The zero-order chi connectivity index (χ0) is 11.4. The third kappa shape index (κ3) is 2.70. The molecule has 82 valence electrons. The van der Waals surface area contributed by atoms with Gasteiger partial charge >= 0.3 is 0 Å². The fraction of sp³-hybridized carbons (Fsp3) is 0.364. The Morgan fingerprint density at radius 1 is 1.40 bits per heavy atom. The predicted molar refractivity (Wildman–Crippen MR) is 56.3 cm³/mol. The van der Waals surface area contributed by atoms with Gasteiger partial charge in [0.25, 0.3) is 0 Å². The second-order valence-corrected chi connectivity index (χ2v) is 3.41. The minimum Gasteiger partial charge on any atom is -0.497 e. The molecule has 0 aliphatic rings. The maximum absolute atomic E-state index is 10.9. The second kappa shape index (κ2) is 4.79. The molecule has 0 saturated carbocycles. The number of primary amides is 1. The lowest BCUT2D eigenvalue weighted by atomic mass is 9.97. The van der Waals surface area contributed by atoms with Crippen molar-refractivity contribution in [2.45, 2.75) is 13.0 Å². The van der Waals surface area contributed by atoms with Crippen LogP contribution in [0.2, 0.25) is 0 Å². The number of aliphatic hydroxyl groups is 1. The Morgan fingerprint density at radius 3 is 2.33 bits per heavy atom. The molecule has 0 heterocycles. The molecule has 1 amide bonds. The van der Waals surface area contributed by atoms with E-state index in [-0.39, 0.29) is 0 Å². The molecule has 0 fully saturated rings. The van der Waals surface area contributed by atoms with E-state index in [1.807, 2.05) is 0 Å². The summed E-state index contributed by atoms with van der Waals surface area (Å²) in [6.45, 7) is 1.59. The fourth-order valence-electron chi connectivity index (χ4n) is 1.25. The molecular weight excluding hydrogens is 194 g/mol. The quantitative estimate of drug-likeness (QED) is 0.772. The van der Waals surface area contributed by atoms with Crippen molar-refractivity contribution >= 4 is 5.91 Å². The number of nitrogens with two attached hydrogens (primary N) is 1. The molecule has 4 heteroatoms. The largest absolute Gasteiger partial charge is 0.497 e. The lowest BCUT2D eigenvalue weighted by Crippen LogP contribution is -2.26.